The van der Waals surface area contributed by atoms with Crippen molar-refractivity contribution in [3.05, 3.63) is 78.4 Å². The largest absolute Gasteiger partial charge is 0.352 e. The molecule has 1 aliphatic rings. The molecule has 30 heavy (non-hydrogen) atoms. The Morgan fingerprint density at radius 2 is 1.93 bits per heavy atom. The van der Waals surface area contributed by atoms with Crippen LogP contribution in [-0.4, -0.2) is 31.1 Å². The van der Waals surface area contributed by atoms with E-state index in [0.717, 1.165) is 33.7 Å². The van der Waals surface area contributed by atoms with Crippen molar-refractivity contribution in [1.82, 2.24) is 24.8 Å². The van der Waals surface area contributed by atoms with Gasteiger partial charge in [-0.2, -0.15) is 0 Å². The Morgan fingerprint density at radius 1 is 1.10 bits per heavy atom. The van der Waals surface area contributed by atoms with Crippen molar-refractivity contribution >= 4 is 38.9 Å². The molecular formula is C23H23N5S2. The molecule has 0 bridgehead atoms. The molecule has 4 aromatic rings. The molecule has 4 heterocycles. The molecule has 0 aliphatic carbocycles. The van der Waals surface area contributed by atoms with Crippen LogP contribution in [0.4, 0.5) is 0 Å². The molecule has 1 aliphatic heterocycles. The normalized spacial score (nSPS) is 19.0. The summed E-state index contributed by atoms with van der Waals surface area (Å²) in [6.45, 7) is 5.32. The molecule has 0 amide bonds. The Morgan fingerprint density at radius 3 is 2.70 bits per heavy atom. The van der Waals surface area contributed by atoms with Crippen LogP contribution in [0, 0.1) is 5.92 Å². The van der Waals surface area contributed by atoms with E-state index in [2.05, 4.69) is 76.2 Å². The fourth-order valence-electron chi connectivity index (χ4n) is 4.09. The van der Waals surface area contributed by atoms with Crippen molar-refractivity contribution in [3.8, 4) is 5.13 Å². The number of aromatic nitrogens is 3. The van der Waals surface area contributed by atoms with Crippen LogP contribution in [-0.2, 0) is 0 Å². The molecule has 0 unspecified atom stereocenters. The van der Waals surface area contributed by atoms with Gasteiger partial charge in [0.2, 0.25) is 0 Å². The van der Waals surface area contributed by atoms with E-state index in [0.29, 0.717) is 5.92 Å². The zero-order valence-corrected chi connectivity index (χ0v) is 18.5. The van der Waals surface area contributed by atoms with Crippen molar-refractivity contribution in [1.29, 1.82) is 0 Å². The maximum absolute atomic E-state index is 5.76. The Hall–Kier alpha value is -2.77. The highest BCUT2D eigenvalue weighted by Gasteiger charge is 2.41. The van der Waals surface area contributed by atoms with Crippen molar-refractivity contribution in [2.24, 2.45) is 5.92 Å². The fraction of sp³-hybridized carbons (Fsp3) is 0.261. The Bertz CT molecular complexity index is 1150. The van der Waals surface area contributed by atoms with Gasteiger partial charge >= 0.3 is 0 Å². The van der Waals surface area contributed by atoms with E-state index in [1.54, 1.807) is 11.3 Å². The zero-order chi connectivity index (χ0) is 20.7. The number of thiocarbonyl (C=S) groups is 1. The van der Waals surface area contributed by atoms with Gasteiger partial charge in [-0.3, -0.25) is 9.55 Å². The van der Waals surface area contributed by atoms with Crippen LogP contribution in [0.25, 0.3) is 15.3 Å². The summed E-state index contributed by atoms with van der Waals surface area (Å²) in [5.74, 6) is 0.487. The van der Waals surface area contributed by atoms with Crippen LogP contribution < -0.4 is 5.32 Å². The van der Waals surface area contributed by atoms with Crippen LogP contribution in [0.15, 0.2) is 67.0 Å². The van der Waals surface area contributed by atoms with Gasteiger partial charge in [-0.1, -0.05) is 43.4 Å². The van der Waals surface area contributed by atoms with Crippen LogP contribution in [0.2, 0.25) is 0 Å². The summed E-state index contributed by atoms with van der Waals surface area (Å²) in [6, 6.07) is 18.6. The van der Waals surface area contributed by atoms with Gasteiger partial charge in [-0.25, -0.2) is 4.98 Å². The first-order valence-electron chi connectivity index (χ1n) is 10.1. The number of hydrogen-bond acceptors (Lipinski definition) is 4. The average Bonchev–Trinajstić information content (AvgIpc) is 3.45. The quantitative estimate of drug-likeness (QED) is 0.443. The summed E-state index contributed by atoms with van der Waals surface area (Å²) in [7, 11) is 0. The van der Waals surface area contributed by atoms with E-state index in [-0.39, 0.29) is 12.1 Å². The Balaban J connectivity index is 1.62. The van der Waals surface area contributed by atoms with E-state index < -0.39 is 0 Å². The molecule has 1 N–H and O–H groups in total. The molecule has 0 radical (unpaired) electrons. The molecule has 3 aromatic heterocycles. The third kappa shape index (κ3) is 3.38. The molecule has 2 atom stereocenters. The number of fused-ring (bicyclic) bond motifs is 1. The lowest BCUT2D eigenvalue weighted by atomic mass is 10.0. The summed E-state index contributed by atoms with van der Waals surface area (Å²) in [5, 5.41) is 5.28. The third-order valence-corrected chi connectivity index (χ3v) is 6.72. The van der Waals surface area contributed by atoms with Crippen LogP contribution in [0.5, 0.6) is 0 Å². The fourth-order valence-corrected chi connectivity index (χ4v) is 5.37. The Kier molecular flexibility index (Phi) is 5.00. The Labute approximate surface area is 185 Å². The first-order chi connectivity index (χ1) is 14.6. The summed E-state index contributed by atoms with van der Waals surface area (Å²) in [4.78, 5) is 11.8. The van der Waals surface area contributed by atoms with Gasteiger partial charge in [0.05, 0.1) is 33.7 Å². The smallest absolute Gasteiger partial charge is 0.194 e. The van der Waals surface area contributed by atoms with Crippen molar-refractivity contribution in [2.75, 3.05) is 6.54 Å². The van der Waals surface area contributed by atoms with Crippen molar-refractivity contribution in [2.45, 2.75) is 25.9 Å². The van der Waals surface area contributed by atoms with Gasteiger partial charge in [-0.15, -0.1) is 0 Å². The second kappa shape index (κ2) is 7.81. The van der Waals surface area contributed by atoms with Gasteiger partial charge in [0.1, 0.15) is 0 Å². The SMILES string of the molecule is CC(C)CN1C(=S)N[C@@H](c2ccccn2)[C@H]1c1cccn1-c1nc2ccccc2s1. The highest BCUT2D eigenvalue weighted by Crippen LogP contribution is 2.40. The van der Waals surface area contributed by atoms with Crippen molar-refractivity contribution < 1.29 is 0 Å². The number of pyridine rings is 1. The summed E-state index contributed by atoms with van der Waals surface area (Å²) < 4.78 is 3.39. The van der Waals surface area contributed by atoms with E-state index >= 15 is 0 Å². The highest BCUT2D eigenvalue weighted by atomic mass is 32.1. The minimum Gasteiger partial charge on any atom is -0.352 e. The van der Waals surface area contributed by atoms with Crippen LogP contribution in [0.3, 0.4) is 0 Å². The van der Waals surface area contributed by atoms with Gasteiger partial charge in [-0.05, 0) is 54.5 Å². The second-order valence-corrected chi connectivity index (χ2v) is 9.34. The van der Waals surface area contributed by atoms with Crippen LogP contribution >= 0.6 is 23.6 Å². The predicted molar refractivity (Wildman–Crippen MR) is 126 cm³/mol. The highest BCUT2D eigenvalue weighted by molar-refractivity contribution is 7.80. The lowest BCUT2D eigenvalue weighted by Crippen LogP contribution is -2.33. The maximum Gasteiger partial charge on any atom is 0.194 e. The predicted octanol–water partition coefficient (Wildman–Crippen LogP) is 5.11. The molecule has 1 aromatic carbocycles. The van der Waals surface area contributed by atoms with E-state index in [4.69, 9.17) is 17.2 Å². The van der Waals surface area contributed by atoms with E-state index in [9.17, 15) is 0 Å². The number of nitrogens with zero attached hydrogens (tertiary/aromatic N) is 4. The molecule has 152 valence electrons. The monoisotopic (exact) mass is 433 g/mol. The second-order valence-electron chi connectivity index (χ2n) is 7.94. The van der Waals surface area contributed by atoms with Crippen molar-refractivity contribution in [3.63, 3.8) is 0 Å². The van der Waals surface area contributed by atoms with Gasteiger partial charge < -0.3 is 10.2 Å². The number of rotatable bonds is 5. The van der Waals surface area contributed by atoms with Gasteiger partial charge in [0.15, 0.2) is 10.2 Å². The number of nitrogens with one attached hydrogen (secondary N) is 1. The molecule has 0 saturated carbocycles. The number of hydrogen-bond donors (Lipinski definition) is 1. The molecule has 5 rings (SSSR count). The lowest BCUT2D eigenvalue weighted by molar-refractivity contribution is 0.280. The summed E-state index contributed by atoms with van der Waals surface area (Å²) in [6.07, 6.45) is 3.94. The standard InChI is InChI=1S/C23H23N5S2/c1-15(2)14-28-21(20(26-22(28)29)17-9-5-6-12-24-17)18-10-7-13-27(18)23-25-16-8-3-4-11-19(16)30-23/h3-13,15,20-21H,14H2,1-2H3,(H,26,29)/t20-,21+/m0/s1. The van der Waals surface area contributed by atoms with E-state index in [1.807, 2.05) is 24.4 Å². The molecular weight excluding hydrogens is 410 g/mol. The minimum absolute atomic E-state index is 0.0134. The van der Waals surface area contributed by atoms with Crippen LogP contribution in [0.1, 0.15) is 37.3 Å². The maximum atomic E-state index is 5.76. The first kappa shape index (κ1) is 19.2. The lowest BCUT2D eigenvalue weighted by Gasteiger charge is -2.29. The molecule has 7 heteroatoms. The third-order valence-electron chi connectivity index (χ3n) is 5.33. The van der Waals surface area contributed by atoms with E-state index in [1.165, 1.54) is 4.70 Å². The average molecular weight is 434 g/mol. The summed E-state index contributed by atoms with van der Waals surface area (Å²) in [5.41, 5.74) is 3.18. The molecule has 1 saturated heterocycles. The van der Waals surface area contributed by atoms with Gasteiger partial charge in [0, 0.05) is 18.9 Å². The first-order valence-corrected chi connectivity index (χ1v) is 11.4. The molecule has 5 nitrogen and oxygen atoms in total. The number of benzene rings is 1. The number of thiazole rings is 1. The number of para-hydroxylation sites is 1. The minimum atomic E-state index is -0.0134. The topological polar surface area (TPSA) is 46.0 Å². The molecule has 0 spiro atoms. The molecule has 1 fully saturated rings. The summed E-state index contributed by atoms with van der Waals surface area (Å²) >= 11 is 7.47. The van der Waals surface area contributed by atoms with Gasteiger partial charge in [0.25, 0.3) is 0 Å². The zero-order valence-electron chi connectivity index (χ0n) is 16.9.